The fraction of sp³-hybridized carbons (Fsp3) is 0.412. The molecule has 3 heterocycles. The van der Waals surface area contributed by atoms with Gasteiger partial charge in [-0.1, -0.05) is 30.3 Å². The number of aliphatic hydroxyl groups excluding tert-OH is 1. The molecule has 4 rings (SSSR count). The molecule has 1 aromatic heterocycles. The molecule has 4 atom stereocenters. The van der Waals surface area contributed by atoms with Crippen molar-refractivity contribution in [1.29, 1.82) is 0 Å². The van der Waals surface area contributed by atoms with Crippen LogP contribution >= 0.6 is 0 Å². The molecule has 1 aromatic carbocycles. The van der Waals surface area contributed by atoms with E-state index in [9.17, 15) is 9.90 Å². The topological polar surface area (TPSA) is 96.5 Å². The third kappa shape index (κ3) is 2.50. The van der Waals surface area contributed by atoms with Gasteiger partial charge in [-0.25, -0.2) is 0 Å². The Labute approximate surface area is 139 Å². The summed E-state index contributed by atoms with van der Waals surface area (Å²) >= 11 is 0. The number of aromatic nitrogens is 2. The van der Waals surface area contributed by atoms with Gasteiger partial charge in [-0.15, -0.1) is 0 Å². The summed E-state index contributed by atoms with van der Waals surface area (Å²) in [5.74, 6) is -0.223. The Morgan fingerprint density at radius 3 is 2.79 bits per heavy atom. The molecule has 0 unspecified atom stereocenters. The quantitative estimate of drug-likeness (QED) is 0.768. The van der Waals surface area contributed by atoms with Gasteiger partial charge in [0.15, 0.2) is 0 Å². The summed E-state index contributed by atoms with van der Waals surface area (Å²) in [5, 5.41) is 19.9. The molecule has 2 saturated heterocycles. The van der Waals surface area contributed by atoms with Crippen LogP contribution in [0.1, 0.15) is 16.1 Å². The molecular weight excluding hydrogens is 310 g/mol. The second-order valence-electron chi connectivity index (χ2n) is 6.18. The van der Waals surface area contributed by atoms with Crippen LogP contribution in [0.4, 0.5) is 0 Å². The second-order valence-corrected chi connectivity index (χ2v) is 6.18. The molecule has 7 nitrogen and oxygen atoms in total. The number of hydrogen-bond acceptors (Lipinski definition) is 5. The first-order valence-corrected chi connectivity index (χ1v) is 7.97. The van der Waals surface area contributed by atoms with Crippen LogP contribution in [-0.4, -0.2) is 58.8 Å². The average molecular weight is 329 g/mol. The van der Waals surface area contributed by atoms with Gasteiger partial charge < -0.3 is 19.9 Å². The Morgan fingerprint density at radius 1 is 1.25 bits per heavy atom. The van der Waals surface area contributed by atoms with Crippen LogP contribution < -0.4 is 5.32 Å². The van der Waals surface area contributed by atoms with Crippen molar-refractivity contribution in [3.8, 4) is 11.3 Å². The van der Waals surface area contributed by atoms with E-state index >= 15 is 0 Å². The average Bonchev–Trinajstić information content (AvgIpc) is 3.26. The minimum Gasteiger partial charge on any atom is -0.388 e. The van der Waals surface area contributed by atoms with E-state index in [0.29, 0.717) is 23.6 Å². The number of H-pyrrole nitrogens is 1. The maximum atomic E-state index is 12.8. The summed E-state index contributed by atoms with van der Waals surface area (Å²) in [6.07, 6.45) is -1.31. The predicted molar refractivity (Wildman–Crippen MR) is 85.5 cm³/mol. The lowest BCUT2D eigenvalue weighted by atomic mass is 10.0. The molecule has 2 aromatic rings. The number of aryl methyl sites for hydroxylation is 1. The smallest absolute Gasteiger partial charge is 0.255 e. The molecular formula is C17H19N3O4. The molecule has 2 fully saturated rings. The first-order valence-electron chi connectivity index (χ1n) is 7.97. The SMILES string of the molecule is Cc1[nH]nc(-c2ccccc2)c1C(=O)N[C@H]1CO[C@H]2[C@@H]1OC[C@H]2O. The standard InChI is InChI=1S/C17H19N3O4/c1-9-13(14(20-19-9)10-5-3-2-4-6-10)17(22)18-11-7-23-16-12(21)8-24-15(11)16/h2-6,11-12,15-16,21H,7-8H2,1H3,(H,18,22)(H,19,20)/t11-,12+,15+,16+/m0/s1. The van der Waals surface area contributed by atoms with Crippen molar-refractivity contribution < 1.29 is 19.4 Å². The van der Waals surface area contributed by atoms with Gasteiger partial charge in [-0.3, -0.25) is 9.89 Å². The molecule has 0 bridgehead atoms. The van der Waals surface area contributed by atoms with E-state index in [2.05, 4.69) is 15.5 Å². The zero-order valence-corrected chi connectivity index (χ0v) is 13.2. The third-order valence-corrected chi connectivity index (χ3v) is 4.57. The molecule has 0 saturated carbocycles. The number of rotatable bonds is 3. The molecule has 0 radical (unpaired) electrons. The van der Waals surface area contributed by atoms with E-state index < -0.39 is 6.10 Å². The first kappa shape index (κ1) is 15.3. The van der Waals surface area contributed by atoms with Gasteiger partial charge in [-0.2, -0.15) is 5.10 Å². The number of carbonyl (C=O) groups is 1. The zero-order valence-electron chi connectivity index (χ0n) is 13.2. The molecule has 24 heavy (non-hydrogen) atoms. The third-order valence-electron chi connectivity index (χ3n) is 4.57. The van der Waals surface area contributed by atoms with Crippen molar-refractivity contribution in [2.24, 2.45) is 0 Å². The lowest BCUT2D eigenvalue weighted by Gasteiger charge is -2.17. The summed E-state index contributed by atoms with van der Waals surface area (Å²) in [6, 6.07) is 9.28. The van der Waals surface area contributed by atoms with Gasteiger partial charge in [-0.05, 0) is 6.92 Å². The molecule has 126 valence electrons. The van der Waals surface area contributed by atoms with Gasteiger partial charge in [0.25, 0.3) is 5.91 Å². The number of fused-ring (bicyclic) bond motifs is 1. The first-order chi connectivity index (χ1) is 11.6. The largest absolute Gasteiger partial charge is 0.388 e. The van der Waals surface area contributed by atoms with E-state index in [4.69, 9.17) is 9.47 Å². The molecule has 2 aliphatic rings. The highest BCUT2D eigenvalue weighted by Gasteiger charge is 2.47. The lowest BCUT2D eigenvalue weighted by Crippen LogP contribution is -2.44. The highest BCUT2D eigenvalue weighted by atomic mass is 16.6. The fourth-order valence-corrected chi connectivity index (χ4v) is 3.36. The molecule has 3 N–H and O–H groups in total. The minimum absolute atomic E-state index is 0.223. The normalized spacial score (nSPS) is 28.8. The maximum absolute atomic E-state index is 12.8. The maximum Gasteiger partial charge on any atom is 0.255 e. The minimum atomic E-state index is -0.632. The van der Waals surface area contributed by atoms with Gasteiger partial charge in [0.2, 0.25) is 0 Å². The Hall–Kier alpha value is -2.22. The van der Waals surface area contributed by atoms with E-state index in [1.54, 1.807) is 0 Å². The van der Waals surface area contributed by atoms with Crippen molar-refractivity contribution in [1.82, 2.24) is 15.5 Å². The second kappa shape index (κ2) is 6.01. The number of carbonyl (C=O) groups excluding carboxylic acids is 1. The number of nitrogens with zero attached hydrogens (tertiary/aromatic N) is 1. The number of amides is 1. The zero-order chi connectivity index (χ0) is 16.7. The van der Waals surface area contributed by atoms with Crippen molar-refractivity contribution in [3.05, 3.63) is 41.6 Å². The Morgan fingerprint density at radius 2 is 2.00 bits per heavy atom. The van der Waals surface area contributed by atoms with Crippen molar-refractivity contribution in [2.75, 3.05) is 13.2 Å². The molecule has 7 heteroatoms. The summed E-state index contributed by atoms with van der Waals surface area (Å²) < 4.78 is 11.1. The number of aliphatic hydroxyl groups is 1. The van der Waals surface area contributed by atoms with Crippen LogP contribution in [0.3, 0.4) is 0 Å². The van der Waals surface area contributed by atoms with E-state index in [1.165, 1.54) is 0 Å². The van der Waals surface area contributed by atoms with Crippen molar-refractivity contribution in [2.45, 2.75) is 31.3 Å². The van der Waals surface area contributed by atoms with Crippen LogP contribution in [0.25, 0.3) is 11.3 Å². The van der Waals surface area contributed by atoms with Crippen LogP contribution in [0, 0.1) is 6.92 Å². The van der Waals surface area contributed by atoms with Crippen molar-refractivity contribution >= 4 is 5.91 Å². The highest BCUT2D eigenvalue weighted by molar-refractivity contribution is 6.01. The predicted octanol–water partition coefficient (Wildman–Crippen LogP) is 0.642. The number of aromatic amines is 1. The summed E-state index contributed by atoms with van der Waals surface area (Å²) in [5.41, 5.74) is 2.71. The monoisotopic (exact) mass is 329 g/mol. The number of nitrogens with one attached hydrogen (secondary N) is 2. The molecule has 1 amide bonds. The number of hydrogen-bond donors (Lipinski definition) is 3. The van der Waals surface area contributed by atoms with Gasteiger partial charge >= 0.3 is 0 Å². The fourth-order valence-electron chi connectivity index (χ4n) is 3.36. The summed E-state index contributed by atoms with van der Waals surface area (Å²) in [6.45, 7) is 2.38. The van der Waals surface area contributed by atoms with Gasteiger partial charge in [0.05, 0.1) is 24.8 Å². The Bertz CT molecular complexity index is 746. The lowest BCUT2D eigenvalue weighted by molar-refractivity contribution is 0.0178. The highest BCUT2D eigenvalue weighted by Crippen LogP contribution is 2.28. The van der Waals surface area contributed by atoms with Crippen LogP contribution in [0.5, 0.6) is 0 Å². The molecule has 2 aliphatic heterocycles. The van der Waals surface area contributed by atoms with E-state index in [1.807, 2.05) is 37.3 Å². The van der Waals surface area contributed by atoms with Crippen molar-refractivity contribution in [3.63, 3.8) is 0 Å². The Kier molecular flexibility index (Phi) is 3.84. The van der Waals surface area contributed by atoms with Crippen LogP contribution in [-0.2, 0) is 9.47 Å². The molecule has 0 aliphatic carbocycles. The van der Waals surface area contributed by atoms with Gasteiger partial charge in [0, 0.05) is 11.3 Å². The number of ether oxygens (including phenoxy) is 2. The number of benzene rings is 1. The van der Waals surface area contributed by atoms with Crippen LogP contribution in [0.15, 0.2) is 30.3 Å². The van der Waals surface area contributed by atoms with Gasteiger partial charge in [0.1, 0.15) is 24.0 Å². The summed E-state index contributed by atoms with van der Waals surface area (Å²) in [4.78, 5) is 12.8. The summed E-state index contributed by atoms with van der Waals surface area (Å²) in [7, 11) is 0. The van der Waals surface area contributed by atoms with E-state index in [0.717, 1.165) is 5.56 Å². The molecule has 0 spiro atoms. The van der Waals surface area contributed by atoms with E-state index in [-0.39, 0.29) is 30.8 Å². The van der Waals surface area contributed by atoms with Crippen LogP contribution in [0.2, 0.25) is 0 Å². The Balaban J connectivity index is 1.57.